The minimum Gasteiger partial charge on any atom is -0.453 e. The molecule has 0 aromatic carbocycles. The molecule has 1 atom stereocenters. The molecule has 0 unspecified atom stereocenters. The van der Waals surface area contributed by atoms with Crippen molar-refractivity contribution in [3.63, 3.8) is 0 Å². The Morgan fingerprint density at radius 2 is 1.89 bits per heavy atom. The molecule has 108 valence electrons. The van der Waals surface area contributed by atoms with E-state index in [1.165, 1.54) is 39.2 Å². The molecule has 0 radical (unpaired) electrons. The summed E-state index contributed by atoms with van der Waals surface area (Å²) >= 11 is 0. The average molecular weight is 268 g/mol. The molecule has 1 saturated carbocycles. The van der Waals surface area contributed by atoms with Gasteiger partial charge in [-0.1, -0.05) is 19.3 Å². The van der Waals surface area contributed by atoms with Crippen LogP contribution in [0.25, 0.3) is 0 Å². The maximum Gasteiger partial charge on any atom is 0.407 e. The van der Waals surface area contributed by atoms with Gasteiger partial charge in [-0.15, -0.1) is 0 Å². The Kier molecular flexibility index (Phi) is 5.05. The standard InChI is InChI=1S/C14H24N2O3/c1-19-14(18)15-10-13(17)16-9-5-8-12(16)11-6-3-2-4-7-11/h11-12H,2-10H2,1H3,(H,15,18)/t12-/m0/s1. The highest BCUT2D eigenvalue weighted by molar-refractivity contribution is 5.82. The zero-order valence-electron chi connectivity index (χ0n) is 11.7. The molecule has 1 saturated heterocycles. The summed E-state index contributed by atoms with van der Waals surface area (Å²) in [6.45, 7) is 0.888. The fraction of sp³-hybridized carbons (Fsp3) is 0.857. The van der Waals surface area contributed by atoms with Crippen molar-refractivity contribution in [1.82, 2.24) is 10.2 Å². The summed E-state index contributed by atoms with van der Waals surface area (Å²) in [4.78, 5) is 25.2. The van der Waals surface area contributed by atoms with Crippen molar-refractivity contribution in [2.24, 2.45) is 5.92 Å². The molecule has 1 heterocycles. The average Bonchev–Trinajstić information content (AvgIpc) is 2.94. The van der Waals surface area contributed by atoms with E-state index in [9.17, 15) is 9.59 Å². The SMILES string of the molecule is COC(=O)NCC(=O)N1CCC[C@H]1C1CCCCC1. The van der Waals surface area contributed by atoms with Gasteiger partial charge < -0.3 is 15.0 Å². The summed E-state index contributed by atoms with van der Waals surface area (Å²) in [5, 5.41) is 2.48. The number of likely N-dealkylation sites (tertiary alicyclic amines) is 1. The van der Waals surface area contributed by atoms with Crippen LogP contribution in [-0.2, 0) is 9.53 Å². The highest BCUT2D eigenvalue weighted by atomic mass is 16.5. The number of carbonyl (C=O) groups is 2. The molecule has 1 N–H and O–H groups in total. The first kappa shape index (κ1) is 14.2. The van der Waals surface area contributed by atoms with Crippen LogP contribution >= 0.6 is 0 Å². The minimum atomic E-state index is -0.540. The van der Waals surface area contributed by atoms with Gasteiger partial charge in [0, 0.05) is 12.6 Å². The van der Waals surface area contributed by atoms with Crippen LogP contribution in [0.3, 0.4) is 0 Å². The molecule has 19 heavy (non-hydrogen) atoms. The zero-order chi connectivity index (χ0) is 13.7. The number of rotatable bonds is 3. The second-order valence-corrected chi connectivity index (χ2v) is 5.54. The van der Waals surface area contributed by atoms with E-state index in [1.54, 1.807) is 0 Å². The normalized spacial score (nSPS) is 24.3. The van der Waals surface area contributed by atoms with Crippen LogP contribution in [0.5, 0.6) is 0 Å². The second kappa shape index (κ2) is 6.78. The van der Waals surface area contributed by atoms with E-state index in [4.69, 9.17) is 0 Å². The predicted molar refractivity (Wildman–Crippen MR) is 71.7 cm³/mol. The van der Waals surface area contributed by atoms with Crippen LogP contribution in [-0.4, -0.2) is 43.1 Å². The maximum atomic E-state index is 12.2. The molecule has 0 aromatic heterocycles. The third-order valence-electron chi connectivity index (χ3n) is 4.38. The summed E-state index contributed by atoms with van der Waals surface area (Å²) < 4.78 is 4.49. The van der Waals surface area contributed by atoms with Crippen molar-refractivity contribution < 1.29 is 14.3 Å². The number of amides is 2. The Hall–Kier alpha value is -1.26. The smallest absolute Gasteiger partial charge is 0.407 e. The highest BCUT2D eigenvalue weighted by Crippen LogP contribution is 2.34. The molecule has 2 aliphatic rings. The van der Waals surface area contributed by atoms with E-state index in [-0.39, 0.29) is 12.5 Å². The second-order valence-electron chi connectivity index (χ2n) is 5.54. The van der Waals surface area contributed by atoms with E-state index in [2.05, 4.69) is 10.1 Å². The molecule has 0 aromatic rings. The summed E-state index contributed by atoms with van der Waals surface area (Å²) in [5.41, 5.74) is 0. The Morgan fingerprint density at radius 3 is 2.58 bits per heavy atom. The van der Waals surface area contributed by atoms with E-state index in [1.807, 2.05) is 4.90 Å². The van der Waals surface area contributed by atoms with Crippen LogP contribution in [0.15, 0.2) is 0 Å². The van der Waals surface area contributed by atoms with E-state index in [0.717, 1.165) is 19.4 Å². The van der Waals surface area contributed by atoms with Crippen molar-refractivity contribution in [2.75, 3.05) is 20.2 Å². The lowest BCUT2D eigenvalue weighted by atomic mass is 9.83. The van der Waals surface area contributed by atoms with Crippen LogP contribution in [0.4, 0.5) is 4.79 Å². The number of methoxy groups -OCH3 is 1. The van der Waals surface area contributed by atoms with Gasteiger partial charge >= 0.3 is 6.09 Å². The topological polar surface area (TPSA) is 58.6 Å². The first-order chi connectivity index (χ1) is 9.22. The lowest BCUT2D eigenvalue weighted by molar-refractivity contribution is -0.132. The van der Waals surface area contributed by atoms with Crippen molar-refractivity contribution >= 4 is 12.0 Å². The number of hydrogen-bond donors (Lipinski definition) is 1. The molecule has 2 rings (SSSR count). The third-order valence-corrected chi connectivity index (χ3v) is 4.38. The quantitative estimate of drug-likeness (QED) is 0.850. The number of nitrogens with zero attached hydrogens (tertiary/aromatic N) is 1. The fourth-order valence-corrected chi connectivity index (χ4v) is 3.43. The lowest BCUT2D eigenvalue weighted by Gasteiger charge is -2.34. The molecule has 0 bridgehead atoms. The van der Waals surface area contributed by atoms with Gasteiger partial charge in [0.25, 0.3) is 0 Å². The molecule has 0 spiro atoms. The molecule has 1 aliphatic carbocycles. The van der Waals surface area contributed by atoms with Crippen molar-refractivity contribution in [3.8, 4) is 0 Å². The van der Waals surface area contributed by atoms with Crippen LogP contribution in [0, 0.1) is 5.92 Å². The van der Waals surface area contributed by atoms with Gasteiger partial charge in [-0.05, 0) is 31.6 Å². The van der Waals surface area contributed by atoms with Gasteiger partial charge in [-0.3, -0.25) is 4.79 Å². The van der Waals surface area contributed by atoms with Gasteiger partial charge in [0.05, 0.1) is 7.11 Å². The Labute approximate surface area is 114 Å². The number of nitrogens with one attached hydrogen (secondary N) is 1. The Balaban J connectivity index is 1.86. The molecule has 2 fully saturated rings. The highest BCUT2D eigenvalue weighted by Gasteiger charge is 2.34. The predicted octanol–water partition coefficient (Wildman–Crippen LogP) is 1.91. The zero-order valence-corrected chi connectivity index (χ0v) is 11.7. The summed E-state index contributed by atoms with van der Waals surface area (Å²) in [6, 6.07) is 0.396. The van der Waals surface area contributed by atoms with Crippen LogP contribution in [0.1, 0.15) is 44.9 Å². The van der Waals surface area contributed by atoms with E-state index >= 15 is 0 Å². The fourth-order valence-electron chi connectivity index (χ4n) is 3.43. The Morgan fingerprint density at radius 1 is 1.16 bits per heavy atom. The van der Waals surface area contributed by atoms with Gasteiger partial charge in [-0.25, -0.2) is 4.79 Å². The molecule has 5 nitrogen and oxygen atoms in total. The summed E-state index contributed by atoms with van der Waals surface area (Å²) in [5.74, 6) is 0.691. The van der Waals surface area contributed by atoms with Gasteiger partial charge in [0.1, 0.15) is 6.54 Å². The van der Waals surface area contributed by atoms with E-state index in [0.29, 0.717) is 12.0 Å². The molecular formula is C14H24N2O3. The monoisotopic (exact) mass is 268 g/mol. The minimum absolute atomic E-state index is 0.0264. The third kappa shape index (κ3) is 3.61. The number of ether oxygens (including phenoxy) is 1. The summed E-state index contributed by atoms with van der Waals surface area (Å²) in [7, 11) is 1.31. The maximum absolute atomic E-state index is 12.2. The Bertz CT molecular complexity index is 327. The van der Waals surface area contributed by atoms with Crippen molar-refractivity contribution in [1.29, 1.82) is 0 Å². The molecule has 5 heteroatoms. The van der Waals surface area contributed by atoms with Crippen molar-refractivity contribution in [2.45, 2.75) is 51.0 Å². The summed E-state index contributed by atoms with van der Waals surface area (Å²) in [6.07, 6.45) is 8.09. The molecule has 1 aliphatic heterocycles. The molecular weight excluding hydrogens is 244 g/mol. The number of hydrogen-bond acceptors (Lipinski definition) is 3. The largest absolute Gasteiger partial charge is 0.453 e. The number of carbonyl (C=O) groups excluding carboxylic acids is 2. The van der Waals surface area contributed by atoms with Gasteiger partial charge in [0.2, 0.25) is 5.91 Å². The van der Waals surface area contributed by atoms with Crippen LogP contribution in [0.2, 0.25) is 0 Å². The lowest BCUT2D eigenvalue weighted by Crippen LogP contribution is -2.45. The first-order valence-corrected chi connectivity index (χ1v) is 7.33. The molecule has 2 amide bonds. The first-order valence-electron chi connectivity index (χ1n) is 7.33. The van der Waals surface area contributed by atoms with Crippen LogP contribution < -0.4 is 5.32 Å². The van der Waals surface area contributed by atoms with Gasteiger partial charge in [0.15, 0.2) is 0 Å². The van der Waals surface area contributed by atoms with Gasteiger partial charge in [-0.2, -0.15) is 0 Å². The van der Waals surface area contributed by atoms with E-state index < -0.39 is 6.09 Å². The van der Waals surface area contributed by atoms with Crippen molar-refractivity contribution in [3.05, 3.63) is 0 Å². The number of alkyl carbamates (subject to hydrolysis) is 1.